The van der Waals surface area contributed by atoms with Crippen molar-refractivity contribution in [2.45, 2.75) is 13.8 Å². The van der Waals surface area contributed by atoms with Crippen LogP contribution in [0, 0.1) is 6.92 Å². The molecular formula is C28H24N2O4S. The Balaban J connectivity index is 1.49. The fourth-order valence-corrected chi connectivity index (χ4v) is 5.05. The van der Waals surface area contributed by atoms with Crippen LogP contribution in [0.5, 0.6) is 11.5 Å². The Morgan fingerprint density at radius 2 is 1.91 bits per heavy atom. The Bertz CT molecular complexity index is 1600. The number of carbonyl (C=O) groups is 1. The minimum absolute atomic E-state index is 0.249. The van der Waals surface area contributed by atoms with Crippen LogP contribution in [-0.4, -0.2) is 25.1 Å². The molecule has 5 aromatic rings. The number of hydrogen-bond acceptors (Lipinski definition) is 6. The van der Waals surface area contributed by atoms with Crippen LogP contribution in [-0.2, 0) is 4.79 Å². The van der Waals surface area contributed by atoms with E-state index in [1.807, 2.05) is 68.4 Å². The van der Waals surface area contributed by atoms with E-state index < -0.39 is 0 Å². The lowest BCUT2D eigenvalue weighted by Gasteiger charge is -2.10. The number of hydrogen-bond donors (Lipinski definition) is 1. The summed E-state index contributed by atoms with van der Waals surface area (Å²) in [7, 11) is 3.25. The molecule has 2 aromatic heterocycles. The van der Waals surface area contributed by atoms with Gasteiger partial charge in [0.25, 0.3) is 0 Å². The van der Waals surface area contributed by atoms with Crippen LogP contribution < -0.4 is 14.8 Å². The summed E-state index contributed by atoms with van der Waals surface area (Å²) in [5.41, 5.74) is 6.17. The van der Waals surface area contributed by atoms with Crippen molar-refractivity contribution in [1.29, 1.82) is 0 Å². The molecule has 0 atom stereocenters. The van der Waals surface area contributed by atoms with Gasteiger partial charge in [-0.25, -0.2) is 4.98 Å². The number of carbonyl (C=O) groups excluding carboxylic acids is 1. The molecule has 0 aliphatic rings. The van der Waals surface area contributed by atoms with Crippen LogP contribution in [0.15, 0.2) is 71.4 Å². The lowest BCUT2D eigenvalue weighted by molar-refractivity contribution is -0.111. The van der Waals surface area contributed by atoms with E-state index in [4.69, 9.17) is 13.9 Å². The standard InChI is InChI=1S/C28H24N2O4S/c1-16-7-5-10-25-27(16)30-28(35-25)29-26(31)11-17(2)20-13-21-22(15-34-24(21)14-23(20)33-4)18-8-6-9-19(12-18)32-3/h5-15H,1-4H3,(H,29,30,31)/b17-11+. The van der Waals surface area contributed by atoms with E-state index in [0.29, 0.717) is 16.5 Å². The third kappa shape index (κ3) is 4.38. The molecule has 2 heterocycles. The molecule has 1 amide bonds. The first kappa shape index (κ1) is 22.7. The predicted octanol–water partition coefficient (Wildman–Crippen LogP) is 7.08. The number of furan rings is 1. The van der Waals surface area contributed by atoms with E-state index in [9.17, 15) is 4.79 Å². The molecule has 0 saturated heterocycles. The molecule has 3 aromatic carbocycles. The summed E-state index contributed by atoms with van der Waals surface area (Å²) in [4.78, 5) is 17.4. The SMILES string of the molecule is COc1cccc(-c2coc3cc(OC)c(/C(C)=C/C(=O)Nc4nc5c(C)cccc5s4)cc23)c1. The number of allylic oxidation sites excluding steroid dienone is 1. The third-order valence-corrected chi connectivity index (χ3v) is 6.84. The highest BCUT2D eigenvalue weighted by Gasteiger charge is 2.16. The van der Waals surface area contributed by atoms with Crippen LogP contribution in [0.25, 0.3) is 37.9 Å². The molecule has 0 aliphatic carbocycles. The minimum atomic E-state index is -0.249. The minimum Gasteiger partial charge on any atom is -0.497 e. The van der Waals surface area contributed by atoms with E-state index in [2.05, 4.69) is 10.3 Å². The van der Waals surface area contributed by atoms with Gasteiger partial charge < -0.3 is 13.9 Å². The summed E-state index contributed by atoms with van der Waals surface area (Å²) in [6.45, 7) is 3.90. The van der Waals surface area contributed by atoms with E-state index in [0.717, 1.165) is 49.2 Å². The first-order valence-corrected chi connectivity index (χ1v) is 11.9. The summed E-state index contributed by atoms with van der Waals surface area (Å²) in [5, 5.41) is 4.39. The smallest absolute Gasteiger partial charge is 0.250 e. The first-order valence-electron chi connectivity index (χ1n) is 11.1. The molecule has 35 heavy (non-hydrogen) atoms. The molecule has 0 fully saturated rings. The molecule has 5 rings (SSSR count). The quantitative estimate of drug-likeness (QED) is 0.261. The highest BCUT2D eigenvalue weighted by molar-refractivity contribution is 7.22. The number of thiazole rings is 1. The van der Waals surface area contributed by atoms with Gasteiger partial charge in [-0.1, -0.05) is 35.6 Å². The zero-order valence-corrected chi connectivity index (χ0v) is 20.7. The number of amides is 1. The van der Waals surface area contributed by atoms with E-state index in [-0.39, 0.29) is 5.91 Å². The Morgan fingerprint density at radius 1 is 1.09 bits per heavy atom. The molecule has 0 radical (unpaired) electrons. The van der Waals surface area contributed by atoms with Gasteiger partial charge >= 0.3 is 0 Å². The number of para-hydroxylation sites is 1. The zero-order valence-electron chi connectivity index (χ0n) is 19.8. The van der Waals surface area contributed by atoms with Crippen molar-refractivity contribution in [3.63, 3.8) is 0 Å². The number of anilines is 1. The Morgan fingerprint density at radius 3 is 2.69 bits per heavy atom. The topological polar surface area (TPSA) is 73.6 Å². The lowest BCUT2D eigenvalue weighted by atomic mass is 9.99. The number of rotatable bonds is 6. The van der Waals surface area contributed by atoms with E-state index in [1.54, 1.807) is 26.6 Å². The van der Waals surface area contributed by atoms with Gasteiger partial charge in [0.15, 0.2) is 5.13 Å². The molecule has 0 unspecified atom stereocenters. The molecule has 0 aliphatic heterocycles. The summed E-state index contributed by atoms with van der Waals surface area (Å²) < 4.78 is 17.9. The Kier molecular flexibility index (Phi) is 6.01. The van der Waals surface area contributed by atoms with Crippen LogP contribution in [0.3, 0.4) is 0 Å². The van der Waals surface area contributed by atoms with E-state index >= 15 is 0 Å². The maximum Gasteiger partial charge on any atom is 0.250 e. The molecule has 0 saturated carbocycles. The highest BCUT2D eigenvalue weighted by atomic mass is 32.1. The van der Waals surface area contributed by atoms with Crippen LogP contribution in [0.2, 0.25) is 0 Å². The summed E-state index contributed by atoms with van der Waals surface area (Å²) >= 11 is 1.46. The van der Waals surface area contributed by atoms with Crippen molar-refractivity contribution >= 4 is 49.1 Å². The highest BCUT2D eigenvalue weighted by Crippen LogP contribution is 2.38. The largest absolute Gasteiger partial charge is 0.497 e. The molecule has 6 nitrogen and oxygen atoms in total. The molecule has 0 spiro atoms. The van der Waals surface area contributed by atoms with Crippen molar-refractivity contribution < 1.29 is 18.7 Å². The van der Waals surface area contributed by atoms with E-state index in [1.165, 1.54) is 11.3 Å². The molecule has 1 N–H and O–H groups in total. The summed E-state index contributed by atoms with van der Waals surface area (Å²) in [6.07, 6.45) is 3.29. The maximum atomic E-state index is 12.8. The van der Waals surface area contributed by atoms with Gasteiger partial charge in [-0.2, -0.15) is 0 Å². The number of fused-ring (bicyclic) bond motifs is 2. The summed E-state index contributed by atoms with van der Waals surface area (Å²) in [6, 6.07) is 17.7. The fraction of sp³-hybridized carbons (Fsp3) is 0.143. The normalized spacial score (nSPS) is 11.7. The Hall–Kier alpha value is -4.10. The average Bonchev–Trinajstić information content (AvgIpc) is 3.47. The predicted molar refractivity (Wildman–Crippen MR) is 141 cm³/mol. The molecule has 0 bridgehead atoms. The van der Waals surface area contributed by atoms with Crippen molar-refractivity contribution in [2.75, 3.05) is 19.5 Å². The second kappa shape index (κ2) is 9.27. The number of benzene rings is 3. The molecule has 7 heteroatoms. The summed E-state index contributed by atoms with van der Waals surface area (Å²) in [5.74, 6) is 1.14. The van der Waals surface area contributed by atoms with Crippen molar-refractivity contribution in [3.8, 4) is 22.6 Å². The average molecular weight is 485 g/mol. The van der Waals surface area contributed by atoms with Crippen LogP contribution >= 0.6 is 11.3 Å². The first-order chi connectivity index (χ1) is 17.0. The fourth-order valence-electron chi connectivity index (χ4n) is 4.10. The van der Waals surface area contributed by atoms with Crippen LogP contribution in [0.1, 0.15) is 18.1 Å². The van der Waals surface area contributed by atoms with Gasteiger partial charge in [0.2, 0.25) is 5.91 Å². The van der Waals surface area contributed by atoms with Gasteiger partial charge in [-0.15, -0.1) is 0 Å². The lowest BCUT2D eigenvalue weighted by Crippen LogP contribution is -2.08. The van der Waals surface area contributed by atoms with Crippen molar-refractivity contribution in [1.82, 2.24) is 4.98 Å². The zero-order chi connectivity index (χ0) is 24.5. The van der Waals surface area contributed by atoms with Crippen molar-refractivity contribution in [2.24, 2.45) is 0 Å². The van der Waals surface area contributed by atoms with Gasteiger partial charge in [-0.3, -0.25) is 10.1 Å². The van der Waals surface area contributed by atoms with Gasteiger partial charge in [-0.05, 0) is 54.8 Å². The van der Waals surface area contributed by atoms with Gasteiger partial charge in [0.05, 0.1) is 30.7 Å². The third-order valence-electron chi connectivity index (χ3n) is 5.90. The number of aryl methyl sites for hydroxylation is 1. The second-order valence-electron chi connectivity index (χ2n) is 8.19. The van der Waals surface area contributed by atoms with Gasteiger partial charge in [0.1, 0.15) is 17.1 Å². The number of aromatic nitrogens is 1. The second-order valence-corrected chi connectivity index (χ2v) is 9.22. The molecular weight excluding hydrogens is 460 g/mol. The number of methoxy groups -OCH3 is 2. The monoisotopic (exact) mass is 484 g/mol. The number of nitrogens with one attached hydrogen (secondary N) is 1. The molecule has 176 valence electrons. The number of ether oxygens (including phenoxy) is 2. The Labute approximate surface area is 206 Å². The van der Waals surface area contributed by atoms with Crippen molar-refractivity contribution in [3.05, 3.63) is 78.1 Å². The maximum absolute atomic E-state index is 12.8. The van der Waals surface area contributed by atoms with Crippen LogP contribution in [0.4, 0.5) is 5.13 Å². The number of nitrogens with zero attached hydrogens (tertiary/aromatic N) is 1. The van der Waals surface area contributed by atoms with Gasteiger partial charge in [0, 0.05) is 28.7 Å².